The fraction of sp³-hybridized carbons (Fsp3) is 0.316. The zero-order chi connectivity index (χ0) is 17.2. The van der Waals surface area contributed by atoms with Gasteiger partial charge in [0.25, 0.3) is 10.0 Å². The third kappa shape index (κ3) is 3.36. The van der Waals surface area contributed by atoms with E-state index in [1.165, 1.54) is 0 Å². The highest BCUT2D eigenvalue weighted by Gasteiger charge is 2.40. The normalized spacial score (nSPS) is 18.1. The number of carbonyl (C=O) groups excluding carboxylic acids is 1. The van der Waals surface area contributed by atoms with E-state index in [0.717, 1.165) is 21.9 Å². The third-order valence-electron chi connectivity index (χ3n) is 4.46. The Morgan fingerprint density at radius 1 is 1.04 bits per heavy atom. The van der Waals surface area contributed by atoms with Gasteiger partial charge in [-0.15, -0.1) is 0 Å². The molecule has 1 aliphatic heterocycles. The van der Waals surface area contributed by atoms with Crippen molar-refractivity contribution in [1.29, 1.82) is 0 Å². The Kier molecular flexibility index (Phi) is 4.71. The highest BCUT2D eigenvalue weighted by atomic mass is 32.2. The predicted octanol–water partition coefficient (Wildman–Crippen LogP) is 3.31. The largest absolute Gasteiger partial charge is 0.274 e. The van der Waals surface area contributed by atoms with Crippen LogP contribution in [0, 0.1) is 6.92 Å². The first-order valence-corrected chi connectivity index (χ1v) is 9.60. The summed E-state index contributed by atoms with van der Waals surface area (Å²) in [5, 5.41) is 0. The Labute approximate surface area is 143 Å². The average molecular weight is 343 g/mol. The third-order valence-corrected chi connectivity index (χ3v) is 6.34. The quantitative estimate of drug-likeness (QED) is 0.837. The van der Waals surface area contributed by atoms with Crippen molar-refractivity contribution >= 4 is 15.9 Å². The van der Waals surface area contributed by atoms with E-state index in [9.17, 15) is 13.2 Å². The summed E-state index contributed by atoms with van der Waals surface area (Å²) in [6.07, 6.45) is 2.31. The molecular weight excluding hydrogens is 322 g/mol. The van der Waals surface area contributed by atoms with Crippen LogP contribution in [0.15, 0.2) is 59.5 Å². The van der Waals surface area contributed by atoms with E-state index in [2.05, 4.69) is 0 Å². The second-order valence-electron chi connectivity index (χ2n) is 6.22. The van der Waals surface area contributed by atoms with Gasteiger partial charge >= 0.3 is 0 Å². The molecule has 24 heavy (non-hydrogen) atoms. The lowest BCUT2D eigenvalue weighted by Crippen LogP contribution is -2.38. The number of aryl methyl sites for hydroxylation is 2. The zero-order valence-corrected chi connectivity index (χ0v) is 14.5. The van der Waals surface area contributed by atoms with Crippen LogP contribution in [0.25, 0.3) is 0 Å². The summed E-state index contributed by atoms with van der Waals surface area (Å²) >= 11 is 0. The van der Waals surface area contributed by atoms with Crippen LogP contribution >= 0.6 is 0 Å². The number of hydrogen-bond acceptors (Lipinski definition) is 3. The number of amides is 1. The number of sulfonamides is 1. The van der Waals surface area contributed by atoms with Gasteiger partial charge in [-0.05, 0) is 43.9 Å². The Bertz CT molecular complexity index is 813. The molecule has 2 aromatic rings. The van der Waals surface area contributed by atoms with Gasteiger partial charge in [-0.3, -0.25) is 4.79 Å². The van der Waals surface area contributed by atoms with Gasteiger partial charge in [-0.1, -0.05) is 48.0 Å². The monoisotopic (exact) mass is 343 g/mol. The van der Waals surface area contributed by atoms with Crippen LogP contribution < -0.4 is 0 Å². The lowest BCUT2D eigenvalue weighted by Gasteiger charge is -2.24. The first kappa shape index (κ1) is 16.7. The van der Waals surface area contributed by atoms with E-state index in [1.54, 1.807) is 24.3 Å². The maximum atomic E-state index is 12.9. The summed E-state index contributed by atoms with van der Waals surface area (Å²) < 4.78 is 26.9. The molecule has 1 saturated heterocycles. The van der Waals surface area contributed by atoms with Crippen LogP contribution in [0.2, 0.25) is 0 Å². The summed E-state index contributed by atoms with van der Waals surface area (Å²) in [6.45, 7) is 1.90. The van der Waals surface area contributed by atoms with E-state index in [4.69, 9.17) is 0 Å². The molecule has 1 heterocycles. The molecule has 0 bridgehead atoms. The Morgan fingerprint density at radius 2 is 1.71 bits per heavy atom. The van der Waals surface area contributed by atoms with E-state index < -0.39 is 10.0 Å². The molecule has 0 aliphatic carbocycles. The molecule has 0 radical (unpaired) electrons. The summed E-state index contributed by atoms with van der Waals surface area (Å²) in [4.78, 5) is 12.4. The van der Waals surface area contributed by atoms with Crippen molar-refractivity contribution in [3.8, 4) is 0 Å². The van der Waals surface area contributed by atoms with Gasteiger partial charge in [0.1, 0.15) is 0 Å². The van der Waals surface area contributed by atoms with Crippen molar-refractivity contribution in [2.75, 3.05) is 0 Å². The lowest BCUT2D eigenvalue weighted by atomic mass is 10.0. The van der Waals surface area contributed by atoms with Crippen LogP contribution in [0.1, 0.15) is 30.4 Å². The molecule has 0 aromatic heterocycles. The van der Waals surface area contributed by atoms with Crippen LogP contribution in [0.4, 0.5) is 0 Å². The second-order valence-corrected chi connectivity index (χ2v) is 8.04. The number of carbonyl (C=O) groups is 1. The maximum Gasteiger partial charge on any atom is 0.266 e. The molecule has 1 aliphatic rings. The van der Waals surface area contributed by atoms with Gasteiger partial charge in [0.2, 0.25) is 5.91 Å². The first-order valence-electron chi connectivity index (χ1n) is 8.16. The second kappa shape index (κ2) is 6.77. The van der Waals surface area contributed by atoms with Crippen molar-refractivity contribution in [2.45, 2.75) is 43.5 Å². The number of nitrogens with zero attached hydrogens (tertiary/aromatic N) is 1. The van der Waals surface area contributed by atoms with Crippen LogP contribution in [-0.4, -0.2) is 24.7 Å². The fourth-order valence-corrected chi connectivity index (χ4v) is 4.78. The molecule has 126 valence electrons. The van der Waals surface area contributed by atoms with Crippen LogP contribution in [-0.2, 0) is 21.2 Å². The molecule has 1 atom stereocenters. The molecule has 1 amide bonds. The van der Waals surface area contributed by atoms with Gasteiger partial charge in [0, 0.05) is 12.5 Å². The van der Waals surface area contributed by atoms with Crippen LogP contribution in [0.5, 0.6) is 0 Å². The van der Waals surface area contributed by atoms with Crippen molar-refractivity contribution in [3.05, 3.63) is 65.7 Å². The molecular formula is C19H21NO3S. The van der Waals surface area contributed by atoms with Gasteiger partial charge in [0.15, 0.2) is 0 Å². The van der Waals surface area contributed by atoms with E-state index in [-0.39, 0.29) is 16.8 Å². The number of hydrogen-bond donors (Lipinski definition) is 0. The van der Waals surface area contributed by atoms with Gasteiger partial charge in [-0.25, -0.2) is 12.7 Å². The summed E-state index contributed by atoms with van der Waals surface area (Å²) in [7, 11) is -3.77. The van der Waals surface area contributed by atoms with Crippen molar-refractivity contribution < 1.29 is 13.2 Å². The summed E-state index contributed by atoms with van der Waals surface area (Å²) in [5.74, 6) is -0.298. The fourth-order valence-electron chi connectivity index (χ4n) is 3.11. The minimum absolute atomic E-state index is 0.188. The Hall–Kier alpha value is -2.14. The van der Waals surface area contributed by atoms with Gasteiger partial charge < -0.3 is 0 Å². The van der Waals surface area contributed by atoms with E-state index >= 15 is 0 Å². The molecule has 3 rings (SSSR count). The molecule has 1 fully saturated rings. The maximum absolute atomic E-state index is 12.9. The summed E-state index contributed by atoms with van der Waals surface area (Å²) in [6, 6.07) is 16.3. The molecule has 5 heteroatoms. The molecule has 4 nitrogen and oxygen atoms in total. The SMILES string of the molecule is Cc1ccc(S(=O)(=O)N2C(=O)CC[C@H]2CCc2ccccc2)cc1. The molecule has 0 saturated carbocycles. The van der Waals surface area contributed by atoms with Crippen molar-refractivity contribution in [3.63, 3.8) is 0 Å². The molecule has 0 spiro atoms. The standard InChI is InChI=1S/C19H21NO3S/c1-15-7-12-18(13-8-15)24(22,23)20-17(11-14-19(20)21)10-9-16-5-3-2-4-6-16/h2-8,12-13,17H,9-11,14H2,1H3/t17-/m1/s1. The minimum Gasteiger partial charge on any atom is -0.274 e. The Morgan fingerprint density at radius 3 is 2.38 bits per heavy atom. The molecule has 2 aromatic carbocycles. The first-order chi connectivity index (χ1) is 11.5. The lowest BCUT2D eigenvalue weighted by molar-refractivity contribution is -0.124. The molecule has 0 N–H and O–H groups in total. The van der Waals surface area contributed by atoms with Crippen LogP contribution in [0.3, 0.4) is 0 Å². The highest BCUT2D eigenvalue weighted by molar-refractivity contribution is 7.89. The average Bonchev–Trinajstić information content (AvgIpc) is 2.96. The zero-order valence-electron chi connectivity index (χ0n) is 13.7. The summed E-state index contributed by atoms with van der Waals surface area (Å²) in [5.41, 5.74) is 2.15. The number of rotatable bonds is 5. The highest BCUT2D eigenvalue weighted by Crippen LogP contribution is 2.29. The van der Waals surface area contributed by atoms with Gasteiger partial charge in [-0.2, -0.15) is 0 Å². The van der Waals surface area contributed by atoms with Crippen molar-refractivity contribution in [1.82, 2.24) is 4.31 Å². The minimum atomic E-state index is -3.77. The van der Waals surface area contributed by atoms with E-state index in [0.29, 0.717) is 19.3 Å². The molecule has 0 unspecified atom stereocenters. The van der Waals surface area contributed by atoms with Gasteiger partial charge in [0.05, 0.1) is 4.90 Å². The number of benzene rings is 2. The van der Waals surface area contributed by atoms with E-state index in [1.807, 2.05) is 37.3 Å². The van der Waals surface area contributed by atoms with Crippen molar-refractivity contribution in [2.24, 2.45) is 0 Å². The topological polar surface area (TPSA) is 54.5 Å². The smallest absolute Gasteiger partial charge is 0.266 e. The predicted molar refractivity (Wildman–Crippen MR) is 93.0 cm³/mol. The Balaban J connectivity index is 1.81.